The summed E-state index contributed by atoms with van der Waals surface area (Å²) in [6.07, 6.45) is 1.67. The van der Waals surface area contributed by atoms with Crippen molar-refractivity contribution in [2.45, 2.75) is 6.92 Å². The molecule has 3 aromatic heterocycles. The molecule has 0 saturated carbocycles. The van der Waals surface area contributed by atoms with Crippen molar-refractivity contribution in [2.24, 2.45) is 0 Å². The van der Waals surface area contributed by atoms with Gasteiger partial charge in [0, 0.05) is 24.1 Å². The molecule has 7 nitrogen and oxygen atoms in total. The Bertz CT molecular complexity index is 1370. The Morgan fingerprint density at radius 1 is 1.00 bits per heavy atom. The monoisotopic (exact) mass is 388 g/mol. The molecule has 0 spiro atoms. The van der Waals surface area contributed by atoms with E-state index in [1.54, 1.807) is 19.2 Å². The first kappa shape index (κ1) is 17.1. The molecule has 0 saturated heterocycles. The zero-order chi connectivity index (χ0) is 20.0. The molecular weight excluding hydrogens is 375 g/mol. The number of oxazole rings is 2. The standard InChI is InChI=1S/C21H13FN4O3/c1-11-24-17(13-4-7-14(22)8-5-13)19(28-11)20(27)26-21-25-18-15(29-21)9-6-12-3-2-10-23-16(12)18/h2-10H,1H3,(H,25,26,27). The summed E-state index contributed by atoms with van der Waals surface area (Å²) in [6.45, 7) is 1.63. The highest BCUT2D eigenvalue weighted by molar-refractivity contribution is 6.06. The van der Waals surface area contributed by atoms with E-state index in [2.05, 4.69) is 20.3 Å². The maximum atomic E-state index is 13.2. The maximum absolute atomic E-state index is 13.2. The summed E-state index contributed by atoms with van der Waals surface area (Å²) in [5.41, 5.74) is 2.59. The Morgan fingerprint density at radius 2 is 1.83 bits per heavy atom. The van der Waals surface area contributed by atoms with Crippen LogP contribution in [-0.2, 0) is 0 Å². The van der Waals surface area contributed by atoms with Crippen molar-refractivity contribution in [3.8, 4) is 11.3 Å². The summed E-state index contributed by atoms with van der Waals surface area (Å²) < 4.78 is 24.3. The average Bonchev–Trinajstić information content (AvgIpc) is 3.32. The molecule has 3 heterocycles. The van der Waals surface area contributed by atoms with Gasteiger partial charge in [0.2, 0.25) is 5.76 Å². The Hall–Kier alpha value is -4.07. The number of aromatic nitrogens is 3. The molecule has 0 aliphatic carbocycles. The maximum Gasteiger partial charge on any atom is 0.302 e. The Kier molecular flexibility index (Phi) is 3.83. The summed E-state index contributed by atoms with van der Waals surface area (Å²) in [5.74, 6) is -0.664. The van der Waals surface area contributed by atoms with Crippen LogP contribution in [0, 0.1) is 12.7 Å². The number of hydrogen-bond donors (Lipinski definition) is 1. The van der Waals surface area contributed by atoms with Gasteiger partial charge in [0.15, 0.2) is 11.5 Å². The van der Waals surface area contributed by atoms with Gasteiger partial charge in [-0.2, -0.15) is 4.98 Å². The predicted octanol–water partition coefficient (Wildman–Crippen LogP) is 4.73. The molecule has 1 amide bonds. The van der Waals surface area contributed by atoms with Gasteiger partial charge >= 0.3 is 6.01 Å². The van der Waals surface area contributed by atoms with Gasteiger partial charge in [0.25, 0.3) is 5.91 Å². The van der Waals surface area contributed by atoms with E-state index in [0.717, 1.165) is 5.39 Å². The van der Waals surface area contributed by atoms with E-state index in [4.69, 9.17) is 8.83 Å². The van der Waals surface area contributed by atoms with Crippen LogP contribution < -0.4 is 5.32 Å². The second kappa shape index (κ2) is 6.52. The summed E-state index contributed by atoms with van der Waals surface area (Å²) in [7, 11) is 0. The Labute approximate surface area is 163 Å². The third kappa shape index (κ3) is 3.00. The van der Waals surface area contributed by atoms with Gasteiger partial charge in [0.1, 0.15) is 17.0 Å². The van der Waals surface area contributed by atoms with Gasteiger partial charge in [0.05, 0.1) is 5.52 Å². The van der Waals surface area contributed by atoms with Crippen LogP contribution in [-0.4, -0.2) is 20.9 Å². The van der Waals surface area contributed by atoms with Crippen LogP contribution >= 0.6 is 0 Å². The van der Waals surface area contributed by atoms with Crippen molar-refractivity contribution >= 4 is 33.9 Å². The minimum Gasteiger partial charge on any atom is -0.435 e. The summed E-state index contributed by atoms with van der Waals surface area (Å²) in [5, 5.41) is 3.51. The van der Waals surface area contributed by atoms with Crippen LogP contribution in [0.3, 0.4) is 0 Å². The molecule has 0 bridgehead atoms. The Balaban J connectivity index is 1.51. The van der Waals surface area contributed by atoms with Gasteiger partial charge < -0.3 is 8.83 Å². The molecule has 0 radical (unpaired) electrons. The van der Waals surface area contributed by atoms with Gasteiger partial charge in [-0.3, -0.25) is 15.1 Å². The average molecular weight is 388 g/mol. The number of hydrogen-bond acceptors (Lipinski definition) is 6. The number of carbonyl (C=O) groups excluding carboxylic acids is 1. The fourth-order valence-electron chi connectivity index (χ4n) is 3.12. The molecule has 142 valence electrons. The van der Waals surface area contributed by atoms with E-state index >= 15 is 0 Å². The lowest BCUT2D eigenvalue weighted by molar-refractivity contribution is 0.0993. The third-order valence-electron chi connectivity index (χ3n) is 4.41. The van der Waals surface area contributed by atoms with Crippen molar-refractivity contribution < 1.29 is 18.0 Å². The highest BCUT2D eigenvalue weighted by atomic mass is 19.1. The zero-order valence-electron chi connectivity index (χ0n) is 15.1. The quantitative estimate of drug-likeness (QED) is 0.480. The first-order valence-corrected chi connectivity index (χ1v) is 8.77. The highest BCUT2D eigenvalue weighted by Gasteiger charge is 2.22. The number of fused-ring (bicyclic) bond motifs is 3. The number of rotatable bonds is 3. The summed E-state index contributed by atoms with van der Waals surface area (Å²) in [4.78, 5) is 25.7. The number of nitrogens with one attached hydrogen (secondary N) is 1. The van der Waals surface area contributed by atoms with Crippen LogP contribution in [0.25, 0.3) is 33.3 Å². The van der Waals surface area contributed by atoms with Crippen LogP contribution in [0.2, 0.25) is 0 Å². The Morgan fingerprint density at radius 3 is 2.66 bits per heavy atom. The molecule has 0 aliphatic rings. The molecular formula is C21H13FN4O3. The SMILES string of the molecule is Cc1nc(-c2ccc(F)cc2)c(C(=O)Nc2nc3c(ccc4cccnc43)o2)o1. The van der Waals surface area contributed by atoms with E-state index in [-0.39, 0.29) is 17.6 Å². The topological polar surface area (TPSA) is 94.1 Å². The number of carbonyl (C=O) groups is 1. The van der Waals surface area contributed by atoms with Gasteiger partial charge in [-0.25, -0.2) is 9.37 Å². The first-order valence-electron chi connectivity index (χ1n) is 8.77. The molecule has 29 heavy (non-hydrogen) atoms. The molecule has 5 rings (SSSR count). The second-order valence-corrected chi connectivity index (χ2v) is 6.38. The molecule has 8 heteroatoms. The summed E-state index contributed by atoms with van der Waals surface area (Å²) >= 11 is 0. The number of aryl methyl sites for hydroxylation is 1. The number of amides is 1. The van der Waals surface area contributed by atoms with Crippen LogP contribution in [0.4, 0.5) is 10.4 Å². The zero-order valence-corrected chi connectivity index (χ0v) is 15.1. The smallest absolute Gasteiger partial charge is 0.302 e. The van der Waals surface area contributed by atoms with E-state index in [0.29, 0.717) is 33.8 Å². The van der Waals surface area contributed by atoms with Crippen LogP contribution in [0.5, 0.6) is 0 Å². The second-order valence-electron chi connectivity index (χ2n) is 6.38. The number of anilines is 1. The van der Waals surface area contributed by atoms with Crippen molar-refractivity contribution in [1.82, 2.24) is 15.0 Å². The van der Waals surface area contributed by atoms with E-state index in [1.807, 2.05) is 18.2 Å². The lowest BCUT2D eigenvalue weighted by atomic mass is 10.1. The summed E-state index contributed by atoms with van der Waals surface area (Å²) in [6, 6.07) is 13.0. The molecule has 1 N–H and O–H groups in total. The minimum atomic E-state index is -0.575. The lowest BCUT2D eigenvalue weighted by Gasteiger charge is -2.01. The fourth-order valence-corrected chi connectivity index (χ4v) is 3.12. The van der Waals surface area contributed by atoms with Crippen LogP contribution in [0.1, 0.15) is 16.4 Å². The van der Waals surface area contributed by atoms with Gasteiger partial charge in [-0.05, 0) is 42.5 Å². The van der Waals surface area contributed by atoms with E-state index in [1.165, 1.54) is 24.3 Å². The van der Waals surface area contributed by atoms with Crippen molar-refractivity contribution in [3.63, 3.8) is 0 Å². The molecule has 5 aromatic rings. The van der Waals surface area contributed by atoms with Gasteiger partial charge in [-0.15, -0.1) is 0 Å². The number of pyridine rings is 1. The number of nitrogens with zero attached hydrogens (tertiary/aromatic N) is 3. The predicted molar refractivity (Wildman–Crippen MR) is 104 cm³/mol. The van der Waals surface area contributed by atoms with E-state index in [9.17, 15) is 9.18 Å². The molecule has 0 aliphatic heterocycles. The highest BCUT2D eigenvalue weighted by Crippen LogP contribution is 2.28. The van der Waals surface area contributed by atoms with Crippen molar-refractivity contribution in [3.05, 3.63) is 72.2 Å². The van der Waals surface area contributed by atoms with Crippen LogP contribution in [0.15, 0.2) is 63.6 Å². The number of benzene rings is 2. The molecule has 0 unspecified atom stereocenters. The van der Waals surface area contributed by atoms with E-state index < -0.39 is 5.91 Å². The normalized spacial score (nSPS) is 11.2. The third-order valence-corrected chi connectivity index (χ3v) is 4.41. The molecule has 0 atom stereocenters. The first-order chi connectivity index (χ1) is 14.1. The largest absolute Gasteiger partial charge is 0.435 e. The molecule has 2 aromatic carbocycles. The van der Waals surface area contributed by atoms with Crippen molar-refractivity contribution in [1.29, 1.82) is 0 Å². The lowest BCUT2D eigenvalue weighted by Crippen LogP contribution is -2.12. The van der Waals surface area contributed by atoms with Gasteiger partial charge in [-0.1, -0.05) is 6.07 Å². The fraction of sp³-hybridized carbons (Fsp3) is 0.0476. The van der Waals surface area contributed by atoms with Crippen molar-refractivity contribution in [2.75, 3.05) is 5.32 Å². The number of halogens is 1. The molecule has 0 fully saturated rings. The minimum absolute atomic E-state index is 0.0145.